The van der Waals surface area contributed by atoms with Gasteiger partial charge >= 0.3 is 12.2 Å². The Morgan fingerprint density at radius 3 is 1.85 bits per heavy atom. The minimum absolute atomic E-state index is 0.0723. The number of hydrogen-bond donors (Lipinski definition) is 0. The quantitative estimate of drug-likeness (QED) is 0.768. The number of Topliss-reactive ketones (excluding diaryl/α,β-unsaturated/α-hetero) is 1. The van der Waals surface area contributed by atoms with Crippen molar-refractivity contribution >= 4 is 23.9 Å². The lowest BCUT2D eigenvalue weighted by Gasteiger charge is -2.27. The molecule has 1 aliphatic rings. The molecule has 2 rings (SSSR count). The summed E-state index contributed by atoms with van der Waals surface area (Å²) in [6.07, 6.45) is 3.00. The second-order valence-corrected chi connectivity index (χ2v) is 8.59. The van der Waals surface area contributed by atoms with E-state index in [4.69, 9.17) is 9.47 Å². The zero-order valence-corrected chi connectivity index (χ0v) is 16.7. The Hall–Kier alpha value is -2.51. The van der Waals surface area contributed by atoms with Crippen molar-refractivity contribution in [2.24, 2.45) is 0 Å². The van der Waals surface area contributed by atoms with Crippen molar-refractivity contribution in [3.05, 3.63) is 18.0 Å². The zero-order valence-electron chi connectivity index (χ0n) is 16.7. The standard InChI is InChI=1S/C19H27N3O5/c1-18(2,3)26-16(24)22(17(25)27-19(4,5)6)15-20-10-13(11-21-15)12-7-8-14(23)9-12/h10-12H,7-9H2,1-6H3. The molecule has 0 spiro atoms. The molecule has 2 amide bonds. The summed E-state index contributed by atoms with van der Waals surface area (Å²) >= 11 is 0. The monoisotopic (exact) mass is 377 g/mol. The van der Waals surface area contributed by atoms with E-state index in [0.29, 0.717) is 17.7 Å². The molecule has 0 bridgehead atoms. The van der Waals surface area contributed by atoms with Crippen molar-refractivity contribution in [3.8, 4) is 0 Å². The lowest BCUT2D eigenvalue weighted by atomic mass is 10.0. The molecule has 8 nitrogen and oxygen atoms in total. The molecule has 1 aromatic heterocycles. The van der Waals surface area contributed by atoms with E-state index in [1.807, 2.05) is 0 Å². The van der Waals surface area contributed by atoms with Gasteiger partial charge < -0.3 is 9.47 Å². The highest BCUT2D eigenvalue weighted by molar-refractivity contribution is 6.08. The van der Waals surface area contributed by atoms with E-state index in [0.717, 1.165) is 12.0 Å². The number of ketones is 1. The van der Waals surface area contributed by atoms with Gasteiger partial charge in [0, 0.05) is 25.2 Å². The number of carbonyl (C=O) groups is 3. The van der Waals surface area contributed by atoms with Crippen molar-refractivity contribution in [3.63, 3.8) is 0 Å². The number of nitrogens with zero attached hydrogens (tertiary/aromatic N) is 3. The number of imide groups is 1. The molecule has 8 heteroatoms. The third kappa shape index (κ3) is 6.01. The predicted molar refractivity (Wildman–Crippen MR) is 98.6 cm³/mol. The van der Waals surface area contributed by atoms with Gasteiger partial charge in [0.15, 0.2) is 0 Å². The zero-order chi connectivity index (χ0) is 20.4. The average molecular weight is 377 g/mol. The molecular formula is C19H27N3O5. The van der Waals surface area contributed by atoms with Crippen molar-refractivity contribution in [2.45, 2.75) is 77.9 Å². The number of anilines is 1. The number of carbonyl (C=O) groups excluding carboxylic acids is 3. The fourth-order valence-electron chi connectivity index (χ4n) is 2.61. The van der Waals surface area contributed by atoms with E-state index in [1.54, 1.807) is 41.5 Å². The Morgan fingerprint density at radius 2 is 1.48 bits per heavy atom. The van der Waals surface area contributed by atoms with Crippen LogP contribution in [-0.4, -0.2) is 39.1 Å². The molecule has 0 radical (unpaired) electrons. The predicted octanol–water partition coefficient (Wildman–Crippen LogP) is 3.99. The van der Waals surface area contributed by atoms with Gasteiger partial charge in [-0.05, 0) is 59.4 Å². The molecule has 1 heterocycles. The fraction of sp³-hybridized carbons (Fsp3) is 0.632. The van der Waals surface area contributed by atoms with Gasteiger partial charge in [0.1, 0.15) is 17.0 Å². The number of aromatic nitrogens is 2. The van der Waals surface area contributed by atoms with Crippen molar-refractivity contribution in [2.75, 3.05) is 4.90 Å². The van der Waals surface area contributed by atoms with Crippen LogP contribution in [0.4, 0.5) is 15.5 Å². The molecule has 27 heavy (non-hydrogen) atoms. The molecule has 1 aliphatic carbocycles. The summed E-state index contributed by atoms with van der Waals surface area (Å²) in [5.41, 5.74) is -0.805. The third-order valence-electron chi connectivity index (χ3n) is 3.73. The summed E-state index contributed by atoms with van der Waals surface area (Å²) in [6.45, 7) is 10.2. The first-order chi connectivity index (χ1) is 12.4. The number of rotatable bonds is 2. The van der Waals surface area contributed by atoms with Crippen molar-refractivity contribution < 1.29 is 23.9 Å². The van der Waals surface area contributed by atoms with E-state index in [9.17, 15) is 14.4 Å². The Morgan fingerprint density at radius 1 is 1.00 bits per heavy atom. The molecule has 0 N–H and O–H groups in total. The summed E-state index contributed by atoms with van der Waals surface area (Å²) in [7, 11) is 0. The van der Waals surface area contributed by atoms with Crippen LogP contribution >= 0.6 is 0 Å². The van der Waals surface area contributed by atoms with Gasteiger partial charge in [-0.25, -0.2) is 19.6 Å². The SMILES string of the molecule is CC(C)(C)OC(=O)N(C(=O)OC(C)(C)C)c1ncc(C2CCC(=O)C2)cn1. The first-order valence-electron chi connectivity index (χ1n) is 8.95. The highest BCUT2D eigenvalue weighted by atomic mass is 16.6. The summed E-state index contributed by atoms with van der Waals surface area (Å²) in [6, 6.07) is 0. The first-order valence-corrected chi connectivity index (χ1v) is 8.95. The molecule has 0 saturated heterocycles. The highest BCUT2D eigenvalue weighted by Gasteiger charge is 2.35. The van der Waals surface area contributed by atoms with Crippen LogP contribution in [0.1, 0.15) is 72.3 Å². The van der Waals surface area contributed by atoms with Crippen LogP contribution in [-0.2, 0) is 14.3 Å². The topological polar surface area (TPSA) is 98.7 Å². The summed E-state index contributed by atoms with van der Waals surface area (Å²) in [5.74, 6) is 0.155. The van der Waals surface area contributed by atoms with Gasteiger partial charge in [0.2, 0.25) is 5.95 Å². The van der Waals surface area contributed by atoms with Crippen molar-refractivity contribution in [1.29, 1.82) is 0 Å². The highest BCUT2D eigenvalue weighted by Crippen LogP contribution is 2.31. The van der Waals surface area contributed by atoms with Gasteiger partial charge in [0.25, 0.3) is 0 Å². The smallest absolute Gasteiger partial charge is 0.427 e. The van der Waals surface area contributed by atoms with Crippen LogP contribution in [0.3, 0.4) is 0 Å². The van der Waals surface area contributed by atoms with E-state index in [1.165, 1.54) is 12.4 Å². The maximum Gasteiger partial charge on any atom is 0.427 e. The molecule has 1 atom stereocenters. The Balaban J connectivity index is 2.27. The maximum absolute atomic E-state index is 12.5. The molecule has 148 valence electrons. The summed E-state index contributed by atoms with van der Waals surface area (Å²) in [5, 5.41) is 0. The Labute approximate surface area is 159 Å². The third-order valence-corrected chi connectivity index (χ3v) is 3.73. The van der Waals surface area contributed by atoms with Crippen LogP contribution in [0.2, 0.25) is 0 Å². The van der Waals surface area contributed by atoms with E-state index in [2.05, 4.69) is 9.97 Å². The maximum atomic E-state index is 12.5. The lowest BCUT2D eigenvalue weighted by molar-refractivity contribution is -0.117. The largest absolute Gasteiger partial charge is 0.443 e. The van der Waals surface area contributed by atoms with E-state index in [-0.39, 0.29) is 17.6 Å². The van der Waals surface area contributed by atoms with Crippen LogP contribution in [0.25, 0.3) is 0 Å². The van der Waals surface area contributed by atoms with Crippen LogP contribution < -0.4 is 4.90 Å². The molecule has 1 saturated carbocycles. The molecule has 0 aliphatic heterocycles. The average Bonchev–Trinajstić information content (AvgIpc) is 2.91. The van der Waals surface area contributed by atoms with Gasteiger partial charge in [-0.1, -0.05) is 0 Å². The molecule has 1 unspecified atom stereocenters. The van der Waals surface area contributed by atoms with Gasteiger partial charge in [-0.2, -0.15) is 0 Å². The summed E-state index contributed by atoms with van der Waals surface area (Å²) < 4.78 is 10.6. The minimum Gasteiger partial charge on any atom is -0.443 e. The lowest BCUT2D eigenvalue weighted by Crippen LogP contribution is -2.44. The second kappa shape index (κ2) is 7.62. The minimum atomic E-state index is -0.916. The molecular weight excluding hydrogens is 350 g/mol. The normalized spacial score (nSPS) is 17.6. The summed E-state index contributed by atoms with van der Waals surface area (Å²) in [4.78, 5) is 45.6. The first kappa shape index (κ1) is 20.8. The molecule has 0 aromatic carbocycles. The van der Waals surface area contributed by atoms with Gasteiger partial charge in [-0.3, -0.25) is 4.79 Å². The number of ether oxygens (including phenoxy) is 2. The second-order valence-electron chi connectivity index (χ2n) is 8.59. The van der Waals surface area contributed by atoms with Crippen LogP contribution in [0, 0.1) is 0 Å². The van der Waals surface area contributed by atoms with E-state index >= 15 is 0 Å². The van der Waals surface area contributed by atoms with Crippen LogP contribution in [0.5, 0.6) is 0 Å². The van der Waals surface area contributed by atoms with Crippen molar-refractivity contribution in [1.82, 2.24) is 9.97 Å². The number of hydrogen-bond acceptors (Lipinski definition) is 7. The fourth-order valence-corrected chi connectivity index (χ4v) is 2.61. The van der Waals surface area contributed by atoms with Gasteiger partial charge in [-0.15, -0.1) is 4.90 Å². The Bertz CT molecular complexity index is 688. The van der Waals surface area contributed by atoms with E-state index < -0.39 is 23.4 Å². The number of amides is 2. The molecule has 1 aromatic rings. The van der Waals surface area contributed by atoms with Crippen LogP contribution in [0.15, 0.2) is 12.4 Å². The Kier molecular flexibility index (Phi) is 5.87. The van der Waals surface area contributed by atoms with Gasteiger partial charge in [0.05, 0.1) is 0 Å². The molecule has 1 fully saturated rings.